The van der Waals surface area contributed by atoms with Crippen molar-refractivity contribution < 1.29 is 102 Å². The van der Waals surface area contributed by atoms with Crippen LogP contribution >= 0.6 is 22.7 Å². The molecule has 0 saturated heterocycles. The molecule has 7 aromatic carbocycles. The number of methoxy groups -OCH3 is 3. The summed E-state index contributed by atoms with van der Waals surface area (Å²) in [5.41, 5.74) is -11.9. The van der Waals surface area contributed by atoms with Crippen molar-refractivity contribution in [3.05, 3.63) is 213 Å². The van der Waals surface area contributed by atoms with E-state index in [0.29, 0.717) is 0 Å². The molecule has 0 fully saturated rings. The van der Waals surface area contributed by atoms with Crippen LogP contribution in [-0.2, 0) is 10.9 Å². The topological polar surface area (TPSA) is 27.7 Å². The fourth-order valence-electron chi connectivity index (χ4n) is 8.63. The number of ether oxygens (including phenoxy) is 3. The molecular formula is C53H25BF20O3S3. The van der Waals surface area contributed by atoms with Crippen LogP contribution in [0.2, 0.25) is 0 Å². The summed E-state index contributed by atoms with van der Waals surface area (Å²) in [4.78, 5) is 4.98. The van der Waals surface area contributed by atoms with Crippen molar-refractivity contribution in [3.8, 4) is 37.4 Å². The third-order valence-corrected chi connectivity index (χ3v) is 17.1. The van der Waals surface area contributed by atoms with Crippen LogP contribution in [0.25, 0.3) is 20.9 Å². The number of halogens is 20. The average Bonchev–Trinajstić information content (AvgIpc) is 3.32. The summed E-state index contributed by atoms with van der Waals surface area (Å²) in [5, 5.41) is 0.927. The molecule has 0 aliphatic carbocycles. The summed E-state index contributed by atoms with van der Waals surface area (Å²) < 4.78 is 311. The van der Waals surface area contributed by atoms with Gasteiger partial charge >= 0.3 is 0 Å². The lowest BCUT2D eigenvalue weighted by Gasteiger charge is -2.44. The van der Waals surface area contributed by atoms with Gasteiger partial charge in [-0.15, -0.1) is 21.9 Å². The zero-order valence-corrected chi connectivity index (χ0v) is 42.3. The lowest BCUT2D eigenvalue weighted by Crippen LogP contribution is -2.81. The molecule has 0 bridgehead atoms. The normalized spacial score (nSPS) is 11.6. The third-order valence-electron chi connectivity index (χ3n) is 12.3. The van der Waals surface area contributed by atoms with E-state index in [1.807, 2.05) is 41.7 Å². The first kappa shape index (κ1) is 58.5. The predicted octanol–water partition coefficient (Wildman–Crippen LogP) is 14.1. The summed E-state index contributed by atoms with van der Waals surface area (Å²) in [5.74, 6) is -69.7. The molecule has 3 nitrogen and oxygen atoms in total. The maximum Gasteiger partial charge on any atom is 0.220 e. The van der Waals surface area contributed by atoms with Crippen molar-refractivity contribution in [3.63, 3.8) is 0 Å². The lowest BCUT2D eigenvalue weighted by molar-refractivity contribution is 0.378. The molecule has 0 atom stereocenters. The summed E-state index contributed by atoms with van der Waals surface area (Å²) in [7, 11) is 4.88. The molecule has 0 radical (unpaired) electrons. The minimum absolute atomic E-state index is 0.225. The molecule has 27 heteroatoms. The maximum absolute atomic E-state index is 15.4. The van der Waals surface area contributed by atoms with Crippen LogP contribution in [0, 0.1) is 116 Å². The monoisotopic (exact) mass is 1200 g/mol. The van der Waals surface area contributed by atoms with Gasteiger partial charge in [-0.3, -0.25) is 0 Å². The predicted molar refractivity (Wildman–Crippen MR) is 257 cm³/mol. The van der Waals surface area contributed by atoms with Crippen molar-refractivity contribution in [2.24, 2.45) is 0 Å². The van der Waals surface area contributed by atoms with E-state index in [-0.39, 0.29) is 10.9 Å². The fourth-order valence-corrected chi connectivity index (χ4v) is 13.1. The summed E-state index contributed by atoms with van der Waals surface area (Å²) >= 11 is 3.51. The SMILES string of the molecule is COc1ccc([S+](c2ccc(OC)cc2)c2ccc(-c3ccc(-c4ccc(OC)s4)cc3)s2)cc1.Fc1c(F)c(F)c([B-](c2c(F)c(F)c(F)c(F)c2F)(c2c(F)c(F)c(F)c(F)c2F)c2c(F)c(F)c(F)c(F)c2F)c(F)c1F. The zero-order chi connectivity index (χ0) is 58.6. The van der Waals surface area contributed by atoms with Crippen LogP contribution in [0.4, 0.5) is 87.8 Å². The Labute approximate surface area is 448 Å². The van der Waals surface area contributed by atoms with Crippen LogP contribution in [0.5, 0.6) is 16.6 Å². The number of benzene rings is 7. The van der Waals surface area contributed by atoms with Gasteiger partial charge < -0.3 is 14.2 Å². The van der Waals surface area contributed by atoms with Crippen LogP contribution < -0.4 is 36.1 Å². The molecule has 0 aliphatic rings. The molecule has 0 unspecified atom stereocenters. The largest absolute Gasteiger partial charge is 0.497 e. The van der Waals surface area contributed by atoms with Gasteiger partial charge in [-0.25, -0.2) is 87.8 Å². The van der Waals surface area contributed by atoms with Crippen molar-refractivity contribution in [1.82, 2.24) is 0 Å². The molecule has 0 amide bonds. The van der Waals surface area contributed by atoms with E-state index >= 15 is 35.1 Å². The van der Waals surface area contributed by atoms with Gasteiger partial charge in [0.1, 0.15) is 75.1 Å². The lowest BCUT2D eigenvalue weighted by atomic mass is 9.12. The number of rotatable bonds is 12. The molecule has 0 spiro atoms. The molecule has 2 heterocycles. The third kappa shape index (κ3) is 9.74. The van der Waals surface area contributed by atoms with E-state index in [4.69, 9.17) is 14.2 Å². The molecular weight excluding hydrogens is 1170 g/mol. The number of hydrogen-bond donors (Lipinski definition) is 0. The molecule has 9 rings (SSSR count). The van der Waals surface area contributed by atoms with Gasteiger partial charge in [0.05, 0.1) is 21.3 Å². The highest BCUT2D eigenvalue weighted by atomic mass is 32.2. The Morgan fingerprint density at radius 3 is 0.812 bits per heavy atom. The maximum atomic E-state index is 15.4. The molecule has 416 valence electrons. The van der Waals surface area contributed by atoms with Crippen LogP contribution in [-0.4, -0.2) is 27.5 Å². The second-order valence-electron chi connectivity index (χ2n) is 16.5. The summed E-state index contributed by atoms with van der Waals surface area (Å²) in [6.07, 6.45) is -7.22. The second kappa shape index (κ2) is 22.8. The minimum atomic E-state index is -7.22. The van der Waals surface area contributed by atoms with Crippen LogP contribution in [0.15, 0.2) is 111 Å². The van der Waals surface area contributed by atoms with E-state index in [2.05, 4.69) is 66.7 Å². The van der Waals surface area contributed by atoms with E-state index in [1.54, 1.807) is 32.7 Å². The molecule has 0 saturated carbocycles. The smallest absolute Gasteiger partial charge is 0.220 e. The first-order chi connectivity index (χ1) is 37.9. The van der Waals surface area contributed by atoms with E-state index in [0.717, 1.165) is 16.6 Å². The highest BCUT2D eigenvalue weighted by Crippen LogP contribution is 2.41. The highest BCUT2D eigenvalue weighted by molar-refractivity contribution is 7.99. The summed E-state index contributed by atoms with van der Waals surface area (Å²) in [6, 6.07) is 34.2. The molecule has 2 aromatic heterocycles. The van der Waals surface area contributed by atoms with Gasteiger partial charge in [0, 0.05) is 15.8 Å². The first-order valence-electron chi connectivity index (χ1n) is 22.0. The Hall–Kier alpha value is -7.65. The van der Waals surface area contributed by atoms with Gasteiger partial charge in [0.2, 0.25) is 4.21 Å². The molecule has 0 N–H and O–H groups in total. The van der Waals surface area contributed by atoms with Crippen molar-refractivity contribution in [2.75, 3.05) is 21.3 Å². The highest BCUT2D eigenvalue weighted by Gasteiger charge is 2.52. The number of hydrogen-bond acceptors (Lipinski definition) is 5. The van der Waals surface area contributed by atoms with E-state index < -0.39 is 144 Å². The Balaban J connectivity index is 0.000000216. The molecule has 80 heavy (non-hydrogen) atoms. The van der Waals surface area contributed by atoms with Crippen molar-refractivity contribution in [2.45, 2.75) is 14.0 Å². The van der Waals surface area contributed by atoms with Crippen LogP contribution in [0.3, 0.4) is 0 Å². The number of thiophene rings is 2. The Morgan fingerprint density at radius 2 is 0.550 bits per heavy atom. The van der Waals surface area contributed by atoms with Crippen LogP contribution in [0.1, 0.15) is 0 Å². The minimum Gasteiger partial charge on any atom is -0.497 e. The standard InChI is InChI=1S/C29H25O3S3.C24BF20/c1-30-22-8-12-24(13-9-22)35(25-14-10-23(31-2)11-15-25)29-19-17-27(34-29)21-6-4-20(5-7-21)26-16-18-28(32-3)33-26;26-5-1(6(27)14(35)21(42)13(5)34)25(2-7(28)15(36)22(43)16(37)8(2)29,3-9(30)17(38)23(44)18(39)10(3)31)4-11(32)19(40)24(45)20(41)12(4)33/h4-19H,1-3H3;/q+1;-1. The first-order valence-corrected chi connectivity index (χ1v) is 24.8. The van der Waals surface area contributed by atoms with Gasteiger partial charge in [0.15, 0.2) is 84.7 Å². The van der Waals surface area contributed by atoms with Gasteiger partial charge in [-0.1, -0.05) is 46.9 Å². The average molecular weight is 1200 g/mol. The summed E-state index contributed by atoms with van der Waals surface area (Å²) in [6.45, 7) is 0. The van der Waals surface area contributed by atoms with Crippen molar-refractivity contribution in [1.29, 1.82) is 0 Å². The Morgan fingerprint density at radius 1 is 0.287 bits per heavy atom. The molecule has 0 aliphatic heterocycles. The Kier molecular flexibility index (Phi) is 16.7. The fraction of sp³-hybridized carbons (Fsp3) is 0.0566. The zero-order valence-electron chi connectivity index (χ0n) is 39.8. The van der Waals surface area contributed by atoms with Gasteiger partial charge in [-0.05, 0) is 77.9 Å². The quantitative estimate of drug-likeness (QED) is 0.0401. The van der Waals surface area contributed by atoms with Gasteiger partial charge in [-0.2, -0.15) is 0 Å². The Bertz CT molecular complexity index is 3430. The second-order valence-corrected chi connectivity index (χ2v) is 20.9. The van der Waals surface area contributed by atoms with E-state index in [9.17, 15) is 52.7 Å². The molecule has 9 aromatic rings. The van der Waals surface area contributed by atoms with E-state index in [1.165, 1.54) is 34.9 Å². The van der Waals surface area contributed by atoms with Crippen molar-refractivity contribution >= 4 is 61.6 Å². The van der Waals surface area contributed by atoms with Gasteiger partial charge in [0.25, 0.3) is 0 Å².